The van der Waals surface area contributed by atoms with Gasteiger partial charge in [-0.3, -0.25) is 4.79 Å². The number of Topliss-reactive ketones (excluding diaryl/α,β-unsaturated/α-hetero) is 1. The number of nitrogens with zero attached hydrogens (tertiary/aromatic N) is 2. The van der Waals surface area contributed by atoms with Gasteiger partial charge in [0.2, 0.25) is 10.0 Å². The summed E-state index contributed by atoms with van der Waals surface area (Å²) >= 11 is 6.35. The molecule has 0 bridgehead atoms. The number of hydrogen-bond donors (Lipinski definition) is 1. The summed E-state index contributed by atoms with van der Waals surface area (Å²) < 4.78 is 27.6. The highest BCUT2D eigenvalue weighted by atomic mass is 35.5. The SMILES string of the molecule is CC1CCCN(S(=O)(=O)c2cccc(C(=O)CNCC(c3ccccc3Cl)N(C)C)c2)C1. The lowest BCUT2D eigenvalue weighted by molar-refractivity contribution is 0.0988. The lowest BCUT2D eigenvalue weighted by Crippen LogP contribution is -2.39. The zero-order valence-corrected chi connectivity index (χ0v) is 20.5. The molecular formula is C24H32ClN3O3S. The Morgan fingerprint density at radius 3 is 2.66 bits per heavy atom. The Kier molecular flexibility index (Phi) is 8.47. The molecule has 0 saturated carbocycles. The summed E-state index contributed by atoms with van der Waals surface area (Å²) in [5.74, 6) is 0.195. The van der Waals surface area contributed by atoms with Crippen LogP contribution in [0.15, 0.2) is 53.4 Å². The third kappa shape index (κ3) is 5.97. The van der Waals surface area contributed by atoms with Gasteiger partial charge in [-0.15, -0.1) is 0 Å². The minimum Gasteiger partial charge on any atom is -0.308 e. The van der Waals surface area contributed by atoms with Gasteiger partial charge < -0.3 is 10.2 Å². The van der Waals surface area contributed by atoms with E-state index in [4.69, 9.17) is 11.6 Å². The predicted octanol–water partition coefficient (Wildman–Crippen LogP) is 3.84. The van der Waals surface area contributed by atoms with Crippen LogP contribution in [0.4, 0.5) is 0 Å². The van der Waals surface area contributed by atoms with E-state index in [2.05, 4.69) is 12.2 Å². The predicted molar refractivity (Wildman–Crippen MR) is 129 cm³/mol. The molecule has 6 nitrogen and oxygen atoms in total. The molecule has 1 saturated heterocycles. The highest BCUT2D eigenvalue weighted by molar-refractivity contribution is 7.89. The van der Waals surface area contributed by atoms with Gasteiger partial charge in [0, 0.05) is 36.3 Å². The van der Waals surface area contributed by atoms with Gasteiger partial charge in [-0.25, -0.2) is 8.42 Å². The summed E-state index contributed by atoms with van der Waals surface area (Å²) in [4.78, 5) is 15.0. The molecule has 2 aromatic rings. The van der Waals surface area contributed by atoms with Crippen molar-refractivity contribution in [3.05, 3.63) is 64.7 Å². The average Bonchev–Trinajstić information content (AvgIpc) is 2.77. The van der Waals surface area contributed by atoms with Crippen molar-refractivity contribution in [2.24, 2.45) is 5.92 Å². The van der Waals surface area contributed by atoms with E-state index in [1.54, 1.807) is 18.2 Å². The molecule has 2 atom stereocenters. The normalized spacial score (nSPS) is 18.6. The van der Waals surface area contributed by atoms with Crippen molar-refractivity contribution in [1.82, 2.24) is 14.5 Å². The van der Waals surface area contributed by atoms with Gasteiger partial charge in [-0.1, -0.05) is 48.9 Å². The number of carbonyl (C=O) groups is 1. The minimum absolute atomic E-state index is 0.00398. The lowest BCUT2D eigenvalue weighted by atomic mass is 10.0. The first-order chi connectivity index (χ1) is 15.2. The van der Waals surface area contributed by atoms with Crippen molar-refractivity contribution in [3.8, 4) is 0 Å². The Hall–Kier alpha value is -1.77. The Labute approximate surface area is 196 Å². The first-order valence-electron chi connectivity index (χ1n) is 10.9. The topological polar surface area (TPSA) is 69.7 Å². The van der Waals surface area contributed by atoms with Gasteiger partial charge in [0.15, 0.2) is 5.78 Å². The molecule has 1 heterocycles. The Morgan fingerprint density at radius 1 is 1.22 bits per heavy atom. The second-order valence-corrected chi connectivity index (χ2v) is 11.0. The molecule has 1 N–H and O–H groups in total. The molecule has 3 rings (SSSR count). The van der Waals surface area contributed by atoms with E-state index >= 15 is 0 Å². The summed E-state index contributed by atoms with van der Waals surface area (Å²) in [5, 5.41) is 3.89. The third-order valence-electron chi connectivity index (χ3n) is 5.92. The Bertz CT molecular complexity index is 1040. The number of rotatable bonds is 9. The van der Waals surface area contributed by atoms with Crippen LogP contribution >= 0.6 is 11.6 Å². The number of piperidine rings is 1. The van der Waals surface area contributed by atoms with E-state index < -0.39 is 10.0 Å². The zero-order chi connectivity index (χ0) is 23.3. The standard InChI is InChI=1S/C24H32ClN3O3S/c1-18-8-7-13-28(17-18)32(30,31)20-10-6-9-19(14-20)24(29)16-26-15-23(27(2)3)21-11-4-5-12-22(21)25/h4-6,9-12,14,18,23,26H,7-8,13,15-17H2,1-3H3. The Morgan fingerprint density at radius 2 is 1.97 bits per heavy atom. The van der Waals surface area contributed by atoms with Gasteiger partial charge in [-0.05, 0) is 56.6 Å². The average molecular weight is 478 g/mol. The number of sulfonamides is 1. The molecule has 32 heavy (non-hydrogen) atoms. The third-order valence-corrected chi connectivity index (χ3v) is 8.13. The Balaban J connectivity index is 1.66. The van der Waals surface area contributed by atoms with Crippen LogP contribution in [0, 0.1) is 5.92 Å². The number of likely N-dealkylation sites (N-methyl/N-ethyl adjacent to an activating group) is 1. The summed E-state index contributed by atoms with van der Waals surface area (Å²) in [7, 11) is 0.334. The molecule has 2 unspecified atom stereocenters. The van der Waals surface area contributed by atoms with E-state index in [0.29, 0.717) is 36.1 Å². The van der Waals surface area contributed by atoms with E-state index in [1.165, 1.54) is 10.4 Å². The molecular weight excluding hydrogens is 446 g/mol. The van der Waals surface area contributed by atoms with Crippen molar-refractivity contribution in [2.45, 2.75) is 30.7 Å². The van der Waals surface area contributed by atoms with Crippen LogP contribution in [0.25, 0.3) is 0 Å². The van der Waals surface area contributed by atoms with Crippen LogP contribution in [0.1, 0.15) is 41.7 Å². The number of hydrogen-bond acceptors (Lipinski definition) is 5. The van der Waals surface area contributed by atoms with E-state index in [1.807, 2.05) is 43.3 Å². The molecule has 0 aromatic heterocycles. The highest BCUT2D eigenvalue weighted by Crippen LogP contribution is 2.26. The summed E-state index contributed by atoms with van der Waals surface area (Å²) in [6.07, 6.45) is 1.90. The molecule has 1 fully saturated rings. The molecule has 0 radical (unpaired) electrons. The lowest BCUT2D eigenvalue weighted by Gasteiger charge is -2.30. The summed E-state index contributed by atoms with van der Waals surface area (Å²) in [5.41, 5.74) is 1.38. The highest BCUT2D eigenvalue weighted by Gasteiger charge is 2.29. The first kappa shape index (κ1) is 24.9. The monoisotopic (exact) mass is 477 g/mol. The maximum absolute atomic E-state index is 13.1. The van der Waals surface area contributed by atoms with Crippen LogP contribution in [-0.2, 0) is 10.0 Å². The van der Waals surface area contributed by atoms with Gasteiger partial charge >= 0.3 is 0 Å². The molecule has 2 aromatic carbocycles. The molecule has 174 valence electrons. The largest absolute Gasteiger partial charge is 0.308 e. The van der Waals surface area contributed by atoms with Crippen molar-refractivity contribution in [3.63, 3.8) is 0 Å². The maximum atomic E-state index is 13.1. The second-order valence-electron chi connectivity index (χ2n) is 8.69. The number of ketones is 1. The van der Waals surface area contributed by atoms with E-state index in [-0.39, 0.29) is 23.3 Å². The number of halogens is 1. The van der Waals surface area contributed by atoms with E-state index in [9.17, 15) is 13.2 Å². The number of carbonyl (C=O) groups excluding carboxylic acids is 1. The summed E-state index contributed by atoms with van der Waals surface area (Å²) in [6, 6.07) is 14.0. The zero-order valence-electron chi connectivity index (χ0n) is 18.9. The van der Waals surface area contributed by atoms with Gasteiger partial charge in [0.05, 0.1) is 11.4 Å². The van der Waals surface area contributed by atoms with Crippen molar-refractivity contribution in [2.75, 3.05) is 40.3 Å². The van der Waals surface area contributed by atoms with Crippen LogP contribution in [0.3, 0.4) is 0 Å². The van der Waals surface area contributed by atoms with Gasteiger partial charge in [0.1, 0.15) is 0 Å². The van der Waals surface area contributed by atoms with Crippen molar-refractivity contribution >= 4 is 27.4 Å². The van der Waals surface area contributed by atoms with Crippen LogP contribution in [0.5, 0.6) is 0 Å². The first-order valence-corrected chi connectivity index (χ1v) is 12.8. The fourth-order valence-corrected chi connectivity index (χ4v) is 5.99. The van der Waals surface area contributed by atoms with Gasteiger partial charge in [-0.2, -0.15) is 4.31 Å². The molecule has 0 aliphatic carbocycles. The quantitative estimate of drug-likeness (QED) is 0.556. The van der Waals surface area contributed by atoms with Crippen LogP contribution in [-0.4, -0.2) is 63.7 Å². The van der Waals surface area contributed by atoms with Crippen molar-refractivity contribution < 1.29 is 13.2 Å². The number of nitrogens with one attached hydrogen (secondary N) is 1. The van der Waals surface area contributed by atoms with E-state index in [0.717, 1.165) is 18.4 Å². The second kappa shape index (κ2) is 10.9. The molecule has 8 heteroatoms. The summed E-state index contributed by atoms with van der Waals surface area (Å²) in [6.45, 7) is 3.76. The molecule has 1 aliphatic heterocycles. The molecule has 1 aliphatic rings. The smallest absolute Gasteiger partial charge is 0.243 e. The molecule has 0 amide bonds. The maximum Gasteiger partial charge on any atom is 0.243 e. The van der Waals surface area contributed by atoms with Crippen LogP contribution < -0.4 is 5.32 Å². The van der Waals surface area contributed by atoms with Crippen molar-refractivity contribution in [1.29, 1.82) is 0 Å². The number of benzene rings is 2. The molecule has 0 spiro atoms. The fraction of sp³-hybridized carbons (Fsp3) is 0.458. The fourth-order valence-electron chi connectivity index (χ4n) is 4.08. The minimum atomic E-state index is -3.60. The van der Waals surface area contributed by atoms with Gasteiger partial charge in [0.25, 0.3) is 0 Å². The van der Waals surface area contributed by atoms with Crippen LogP contribution in [0.2, 0.25) is 5.02 Å².